The van der Waals surface area contributed by atoms with Crippen LogP contribution in [0.4, 0.5) is 0 Å². The highest BCUT2D eigenvalue weighted by Crippen LogP contribution is 1.97. The monoisotopic (exact) mass is 293 g/mol. The molecule has 0 fully saturated rings. The Balaban J connectivity index is 2.52. The summed E-state index contributed by atoms with van der Waals surface area (Å²) in [6, 6.07) is 9.49. The standard InChI is InChI=1S/C13H15N3O3S/c1-10(17)19-9-12(18)15-13(20-2)16-14-8-11-6-4-3-5-7-11/h3-8H,9H2,1-2H3,(H,15,16,18). The molecule has 1 N–H and O–H groups in total. The van der Waals surface area contributed by atoms with Crippen molar-refractivity contribution in [1.82, 2.24) is 5.43 Å². The van der Waals surface area contributed by atoms with Crippen molar-refractivity contribution in [2.45, 2.75) is 6.92 Å². The van der Waals surface area contributed by atoms with E-state index in [2.05, 4.69) is 20.3 Å². The summed E-state index contributed by atoms with van der Waals surface area (Å²) >= 11 is 1.23. The molecule has 0 unspecified atom stereocenters. The van der Waals surface area contributed by atoms with E-state index in [0.717, 1.165) is 5.56 Å². The Morgan fingerprint density at radius 2 is 2.05 bits per heavy atom. The van der Waals surface area contributed by atoms with E-state index >= 15 is 0 Å². The summed E-state index contributed by atoms with van der Waals surface area (Å²) in [7, 11) is 0. The van der Waals surface area contributed by atoms with Crippen LogP contribution in [0, 0.1) is 0 Å². The molecule has 1 aromatic carbocycles. The molecule has 0 radical (unpaired) electrons. The van der Waals surface area contributed by atoms with E-state index in [1.54, 1.807) is 12.5 Å². The number of nitrogens with zero attached hydrogens (tertiary/aromatic N) is 2. The van der Waals surface area contributed by atoms with E-state index in [4.69, 9.17) is 0 Å². The van der Waals surface area contributed by atoms with Crippen molar-refractivity contribution in [2.75, 3.05) is 12.9 Å². The largest absolute Gasteiger partial charge is 0.456 e. The van der Waals surface area contributed by atoms with Gasteiger partial charge in [0.15, 0.2) is 11.8 Å². The van der Waals surface area contributed by atoms with Crippen LogP contribution in [0.5, 0.6) is 0 Å². The normalized spacial score (nSPS) is 11.4. The minimum absolute atomic E-state index is 0.328. The molecule has 1 amide bonds. The van der Waals surface area contributed by atoms with Gasteiger partial charge >= 0.3 is 5.97 Å². The Kier molecular flexibility index (Phi) is 7.05. The van der Waals surface area contributed by atoms with Gasteiger partial charge in [0.05, 0.1) is 6.21 Å². The SMILES string of the molecule is CSC(=NC(=O)COC(C)=O)NN=Cc1ccccc1. The second kappa shape index (κ2) is 8.87. The molecule has 0 saturated heterocycles. The Hall–Kier alpha value is -2.15. The van der Waals surface area contributed by atoms with Gasteiger partial charge in [0.25, 0.3) is 5.91 Å². The Bertz CT molecular complexity index is 515. The molecular weight excluding hydrogens is 278 g/mol. The highest BCUT2D eigenvalue weighted by molar-refractivity contribution is 8.13. The molecule has 0 heterocycles. The van der Waals surface area contributed by atoms with Gasteiger partial charge in [-0.15, -0.1) is 0 Å². The van der Waals surface area contributed by atoms with Crippen LogP contribution in [0.3, 0.4) is 0 Å². The molecule has 20 heavy (non-hydrogen) atoms. The third kappa shape index (κ3) is 6.69. The van der Waals surface area contributed by atoms with Gasteiger partial charge in [-0.05, 0) is 11.8 Å². The molecule has 0 spiro atoms. The number of nitrogens with one attached hydrogen (secondary N) is 1. The van der Waals surface area contributed by atoms with Gasteiger partial charge in [0.1, 0.15) is 0 Å². The van der Waals surface area contributed by atoms with Gasteiger partial charge in [-0.25, -0.2) is 0 Å². The minimum Gasteiger partial charge on any atom is -0.456 e. The summed E-state index contributed by atoms with van der Waals surface area (Å²) in [4.78, 5) is 25.7. The second-order valence-electron chi connectivity index (χ2n) is 3.58. The fourth-order valence-corrected chi connectivity index (χ4v) is 1.46. The molecule has 0 aromatic heterocycles. The number of amidine groups is 1. The number of thioether (sulfide) groups is 1. The van der Waals surface area contributed by atoms with Crippen molar-refractivity contribution in [2.24, 2.45) is 10.1 Å². The lowest BCUT2D eigenvalue weighted by Gasteiger charge is -2.01. The Morgan fingerprint density at radius 1 is 1.35 bits per heavy atom. The minimum atomic E-state index is -0.549. The predicted molar refractivity (Wildman–Crippen MR) is 79.8 cm³/mol. The lowest BCUT2D eigenvalue weighted by Crippen LogP contribution is -2.18. The molecule has 0 aliphatic carbocycles. The van der Waals surface area contributed by atoms with E-state index in [0.29, 0.717) is 5.17 Å². The molecule has 0 aliphatic rings. The van der Waals surface area contributed by atoms with Gasteiger partial charge in [-0.3, -0.25) is 15.0 Å². The summed E-state index contributed by atoms with van der Waals surface area (Å²) in [5.74, 6) is -1.07. The van der Waals surface area contributed by atoms with Crippen molar-refractivity contribution in [3.8, 4) is 0 Å². The van der Waals surface area contributed by atoms with Gasteiger partial charge in [0.2, 0.25) is 0 Å². The molecular formula is C13H15N3O3S. The zero-order valence-electron chi connectivity index (χ0n) is 11.2. The fourth-order valence-electron chi connectivity index (χ4n) is 1.13. The van der Waals surface area contributed by atoms with Crippen LogP contribution in [0.1, 0.15) is 12.5 Å². The first-order chi connectivity index (χ1) is 9.61. The molecule has 7 heteroatoms. The first kappa shape index (κ1) is 15.9. The summed E-state index contributed by atoms with van der Waals surface area (Å²) in [5, 5.41) is 4.30. The molecule has 0 bridgehead atoms. The number of benzene rings is 1. The van der Waals surface area contributed by atoms with E-state index in [1.807, 2.05) is 30.3 Å². The van der Waals surface area contributed by atoms with E-state index in [9.17, 15) is 9.59 Å². The van der Waals surface area contributed by atoms with E-state index in [-0.39, 0.29) is 6.61 Å². The highest BCUT2D eigenvalue weighted by Gasteiger charge is 2.04. The quantitative estimate of drug-likeness (QED) is 0.393. The van der Waals surface area contributed by atoms with Crippen LogP contribution in [0.15, 0.2) is 40.4 Å². The highest BCUT2D eigenvalue weighted by atomic mass is 32.2. The summed E-state index contributed by atoms with van der Waals surface area (Å²) in [6.07, 6.45) is 3.37. The summed E-state index contributed by atoms with van der Waals surface area (Å²) in [5.41, 5.74) is 3.58. The molecule has 0 atom stereocenters. The van der Waals surface area contributed by atoms with Crippen molar-refractivity contribution >= 4 is 35.0 Å². The number of rotatable bonds is 4. The molecule has 0 aliphatic heterocycles. The van der Waals surface area contributed by atoms with Gasteiger partial charge in [-0.2, -0.15) is 10.1 Å². The zero-order valence-corrected chi connectivity index (χ0v) is 12.0. The molecule has 1 aromatic rings. The lowest BCUT2D eigenvalue weighted by molar-refractivity contribution is -0.145. The molecule has 0 saturated carbocycles. The summed E-state index contributed by atoms with van der Waals surface area (Å²) < 4.78 is 4.55. The Labute approximate surface area is 121 Å². The van der Waals surface area contributed by atoms with Gasteiger partial charge in [0, 0.05) is 6.92 Å². The fraction of sp³-hybridized carbons (Fsp3) is 0.231. The van der Waals surface area contributed by atoms with Gasteiger partial charge < -0.3 is 4.74 Å². The number of carbonyl (C=O) groups excluding carboxylic acids is 2. The van der Waals surface area contributed by atoms with E-state index in [1.165, 1.54) is 18.7 Å². The second-order valence-corrected chi connectivity index (χ2v) is 4.37. The predicted octanol–water partition coefficient (Wildman–Crippen LogP) is 1.42. The van der Waals surface area contributed by atoms with Crippen molar-refractivity contribution in [1.29, 1.82) is 0 Å². The number of ether oxygens (including phenoxy) is 1. The zero-order chi connectivity index (χ0) is 14.8. The number of hydrazone groups is 1. The van der Waals surface area contributed by atoms with Crippen molar-refractivity contribution < 1.29 is 14.3 Å². The number of carbonyl (C=O) groups is 2. The lowest BCUT2D eigenvalue weighted by atomic mass is 10.2. The first-order valence-corrected chi connectivity index (χ1v) is 6.97. The maximum atomic E-state index is 11.4. The smallest absolute Gasteiger partial charge is 0.303 e. The number of hydrogen-bond acceptors (Lipinski definition) is 5. The van der Waals surface area contributed by atoms with E-state index < -0.39 is 11.9 Å². The van der Waals surface area contributed by atoms with Crippen LogP contribution < -0.4 is 5.43 Å². The van der Waals surface area contributed by atoms with Gasteiger partial charge in [-0.1, -0.05) is 42.1 Å². The van der Waals surface area contributed by atoms with Crippen LogP contribution in [-0.2, 0) is 14.3 Å². The average Bonchev–Trinajstić information content (AvgIpc) is 2.45. The summed E-state index contributed by atoms with van der Waals surface area (Å²) in [6.45, 7) is 0.859. The maximum Gasteiger partial charge on any atom is 0.303 e. The Morgan fingerprint density at radius 3 is 2.65 bits per heavy atom. The third-order valence-corrected chi connectivity index (χ3v) is 2.56. The van der Waals surface area contributed by atoms with Crippen LogP contribution in [-0.4, -0.2) is 36.1 Å². The number of esters is 1. The van der Waals surface area contributed by atoms with Crippen molar-refractivity contribution in [3.63, 3.8) is 0 Å². The first-order valence-electron chi connectivity index (χ1n) is 5.75. The maximum absolute atomic E-state index is 11.4. The number of hydrogen-bond donors (Lipinski definition) is 1. The molecule has 106 valence electrons. The molecule has 1 rings (SSSR count). The van der Waals surface area contributed by atoms with Crippen LogP contribution in [0.25, 0.3) is 0 Å². The topological polar surface area (TPSA) is 80.1 Å². The number of aliphatic imine (C=N–C) groups is 1. The van der Waals surface area contributed by atoms with Crippen molar-refractivity contribution in [3.05, 3.63) is 35.9 Å². The molecule has 6 nitrogen and oxygen atoms in total. The van der Waals surface area contributed by atoms with Crippen LogP contribution >= 0.6 is 11.8 Å². The van der Waals surface area contributed by atoms with Crippen LogP contribution in [0.2, 0.25) is 0 Å². The average molecular weight is 293 g/mol. The third-order valence-electron chi connectivity index (χ3n) is 1.99. The number of amides is 1.